The minimum atomic E-state index is -0.691. The highest BCUT2D eigenvalue weighted by atomic mass is 16.6. The van der Waals surface area contributed by atoms with E-state index in [4.69, 9.17) is 23.7 Å². The third-order valence-corrected chi connectivity index (χ3v) is 3.14. The fraction of sp³-hybridized carbons (Fsp3) is 0.600. The first kappa shape index (κ1) is 26.3. The average Bonchev–Trinajstić information content (AvgIpc) is 2.70. The number of hydrogen-bond donors (Lipinski definition) is 0. The molecule has 0 fully saturated rings. The van der Waals surface area contributed by atoms with Crippen molar-refractivity contribution in [1.29, 1.82) is 0 Å². The molecule has 0 amide bonds. The lowest BCUT2D eigenvalue weighted by molar-refractivity contribution is -0.142. The van der Waals surface area contributed by atoms with Crippen molar-refractivity contribution in [3.63, 3.8) is 0 Å². The molecule has 0 aromatic rings. The first-order valence-corrected chi connectivity index (χ1v) is 9.60. The second-order valence-corrected chi connectivity index (χ2v) is 5.66. The van der Waals surface area contributed by atoms with Crippen LogP contribution in [0, 0.1) is 0 Å². The normalized spacial score (nSPS) is 10.8. The fourth-order valence-corrected chi connectivity index (χ4v) is 1.60. The summed E-state index contributed by atoms with van der Waals surface area (Å²) in [5.74, 6) is -2.58. The smallest absolute Gasteiger partial charge is 0.331 e. The Morgan fingerprint density at radius 3 is 1.14 bits per heavy atom. The molecule has 9 nitrogen and oxygen atoms in total. The van der Waals surface area contributed by atoms with Gasteiger partial charge in [0.15, 0.2) is 0 Å². The second kappa shape index (κ2) is 18.7. The summed E-state index contributed by atoms with van der Waals surface area (Å²) in [7, 11) is 0. The molecule has 9 heteroatoms. The van der Waals surface area contributed by atoms with Crippen LogP contribution in [0.3, 0.4) is 0 Å². The summed E-state index contributed by atoms with van der Waals surface area (Å²) in [6, 6.07) is 0. The van der Waals surface area contributed by atoms with Crippen LogP contribution in [0.2, 0.25) is 0 Å². The van der Waals surface area contributed by atoms with E-state index >= 15 is 0 Å². The van der Waals surface area contributed by atoms with Crippen LogP contribution in [-0.2, 0) is 42.9 Å². The van der Waals surface area contributed by atoms with Crippen molar-refractivity contribution in [2.75, 3.05) is 39.6 Å². The van der Waals surface area contributed by atoms with E-state index in [0.717, 1.165) is 50.0 Å². The standard InChI is InChI=1S/C20H30O9/c1-3-5-11-26-17(21)7-9-19(23)28-15-13-25-14-16-29-20(24)10-8-18(22)27-12-6-4-2/h7-10H,3-6,11-16H2,1-2H3/b9-7-,10-8-. The summed E-state index contributed by atoms with van der Waals surface area (Å²) in [6.45, 7) is 4.71. The molecule has 0 aliphatic rings. The largest absolute Gasteiger partial charge is 0.463 e. The van der Waals surface area contributed by atoms with E-state index in [1.807, 2.05) is 13.8 Å². The van der Waals surface area contributed by atoms with E-state index in [1.54, 1.807) is 0 Å². The van der Waals surface area contributed by atoms with E-state index in [9.17, 15) is 19.2 Å². The molecule has 0 aliphatic carbocycles. The van der Waals surface area contributed by atoms with E-state index in [0.29, 0.717) is 13.2 Å². The lowest BCUT2D eigenvalue weighted by Gasteiger charge is -2.05. The van der Waals surface area contributed by atoms with Gasteiger partial charge in [-0.25, -0.2) is 19.2 Å². The quantitative estimate of drug-likeness (QED) is 0.162. The van der Waals surface area contributed by atoms with E-state index in [1.165, 1.54) is 0 Å². The van der Waals surface area contributed by atoms with Crippen LogP contribution < -0.4 is 0 Å². The zero-order chi connectivity index (χ0) is 21.7. The molecule has 0 atom stereocenters. The number of rotatable bonds is 16. The van der Waals surface area contributed by atoms with Crippen LogP contribution >= 0.6 is 0 Å². The molecule has 0 rings (SSSR count). The molecular formula is C20H30O9. The monoisotopic (exact) mass is 414 g/mol. The van der Waals surface area contributed by atoms with Crippen LogP contribution in [0.15, 0.2) is 24.3 Å². The number of ether oxygens (including phenoxy) is 5. The van der Waals surface area contributed by atoms with Gasteiger partial charge < -0.3 is 23.7 Å². The van der Waals surface area contributed by atoms with Gasteiger partial charge in [0.1, 0.15) is 13.2 Å². The van der Waals surface area contributed by atoms with Gasteiger partial charge in [0.05, 0.1) is 26.4 Å². The molecule has 29 heavy (non-hydrogen) atoms. The number of carbonyl (C=O) groups is 4. The van der Waals surface area contributed by atoms with Crippen LogP contribution in [-0.4, -0.2) is 63.5 Å². The Kier molecular flexibility index (Phi) is 16.9. The van der Waals surface area contributed by atoms with Gasteiger partial charge in [-0.3, -0.25) is 0 Å². The predicted octanol–water partition coefficient (Wildman–Crippen LogP) is 1.89. The predicted molar refractivity (Wildman–Crippen MR) is 103 cm³/mol. The summed E-state index contributed by atoms with van der Waals surface area (Å²) in [5.41, 5.74) is 0. The Morgan fingerprint density at radius 2 is 0.828 bits per heavy atom. The van der Waals surface area contributed by atoms with Crippen molar-refractivity contribution < 1.29 is 42.9 Å². The van der Waals surface area contributed by atoms with Gasteiger partial charge in [-0.15, -0.1) is 0 Å². The molecule has 0 spiro atoms. The minimum Gasteiger partial charge on any atom is -0.463 e. The fourth-order valence-electron chi connectivity index (χ4n) is 1.60. The lowest BCUT2D eigenvalue weighted by atomic mass is 10.4. The summed E-state index contributed by atoms with van der Waals surface area (Å²) >= 11 is 0. The third-order valence-electron chi connectivity index (χ3n) is 3.14. The molecule has 0 N–H and O–H groups in total. The van der Waals surface area contributed by atoms with Crippen molar-refractivity contribution >= 4 is 23.9 Å². The molecule has 0 aromatic carbocycles. The minimum absolute atomic E-state index is 0.0223. The Balaban J connectivity index is 3.66. The van der Waals surface area contributed by atoms with Crippen molar-refractivity contribution in [1.82, 2.24) is 0 Å². The first-order valence-electron chi connectivity index (χ1n) is 9.60. The maximum atomic E-state index is 11.4. The van der Waals surface area contributed by atoms with E-state index in [2.05, 4.69) is 0 Å². The van der Waals surface area contributed by atoms with Gasteiger partial charge >= 0.3 is 23.9 Å². The van der Waals surface area contributed by atoms with Crippen molar-refractivity contribution in [2.45, 2.75) is 39.5 Å². The lowest BCUT2D eigenvalue weighted by Crippen LogP contribution is -2.13. The van der Waals surface area contributed by atoms with Gasteiger partial charge in [-0.05, 0) is 12.8 Å². The van der Waals surface area contributed by atoms with Crippen molar-refractivity contribution in [3.05, 3.63) is 24.3 Å². The molecule has 0 unspecified atom stereocenters. The molecule has 0 aliphatic heterocycles. The Morgan fingerprint density at radius 1 is 0.517 bits per heavy atom. The number of hydrogen-bond acceptors (Lipinski definition) is 9. The van der Waals surface area contributed by atoms with Crippen LogP contribution in [0.25, 0.3) is 0 Å². The third kappa shape index (κ3) is 18.4. The molecule has 164 valence electrons. The van der Waals surface area contributed by atoms with Gasteiger partial charge in [0.25, 0.3) is 0 Å². The van der Waals surface area contributed by atoms with Crippen LogP contribution in [0.1, 0.15) is 39.5 Å². The van der Waals surface area contributed by atoms with Gasteiger partial charge in [0, 0.05) is 24.3 Å². The van der Waals surface area contributed by atoms with Crippen molar-refractivity contribution in [2.24, 2.45) is 0 Å². The number of esters is 4. The van der Waals surface area contributed by atoms with Crippen LogP contribution in [0.4, 0.5) is 0 Å². The number of carbonyl (C=O) groups excluding carboxylic acids is 4. The Bertz CT molecular complexity index is 504. The highest BCUT2D eigenvalue weighted by molar-refractivity contribution is 5.92. The molecule has 0 aromatic heterocycles. The summed E-state index contributed by atoms with van der Waals surface area (Å²) in [5, 5.41) is 0. The molecule has 0 bridgehead atoms. The molecule has 0 heterocycles. The SMILES string of the molecule is CCCCOC(=O)/C=C\C(=O)OCCOCCOC(=O)/C=C\C(=O)OCCCC. The van der Waals surface area contributed by atoms with E-state index < -0.39 is 23.9 Å². The molecule has 0 saturated carbocycles. The zero-order valence-corrected chi connectivity index (χ0v) is 17.1. The molecular weight excluding hydrogens is 384 g/mol. The Labute approximate surface area is 171 Å². The number of unbranched alkanes of at least 4 members (excludes halogenated alkanes) is 2. The second-order valence-electron chi connectivity index (χ2n) is 5.66. The van der Waals surface area contributed by atoms with Gasteiger partial charge in [-0.2, -0.15) is 0 Å². The average molecular weight is 414 g/mol. The van der Waals surface area contributed by atoms with Crippen LogP contribution in [0.5, 0.6) is 0 Å². The van der Waals surface area contributed by atoms with Crippen molar-refractivity contribution in [3.8, 4) is 0 Å². The zero-order valence-electron chi connectivity index (χ0n) is 17.1. The Hall–Kier alpha value is -2.68. The topological polar surface area (TPSA) is 114 Å². The summed E-state index contributed by atoms with van der Waals surface area (Å²) < 4.78 is 24.5. The van der Waals surface area contributed by atoms with Gasteiger partial charge in [-0.1, -0.05) is 26.7 Å². The first-order chi connectivity index (χ1) is 14.0. The molecule has 0 radical (unpaired) electrons. The van der Waals surface area contributed by atoms with E-state index in [-0.39, 0.29) is 26.4 Å². The maximum Gasteiger partial charge on any atom is 0.331 e. The maximum absolute atomic E-state index is 11.4. The van der Waals surface area contributed by atoms with Gasteiger partial charge in [0.2, 0.25) is 0 Å². The highest BCUT2D eigenvalue weighted by Gasteiger charge is 2.02. The summed E-state index contributed by atoms with van der Waals surface area (Å²) in [4.78, 5) is 45.3. The summed E-state index contributed by atoms with van der Waals surface area (Å²) in [6.07, 6.45) is 7.31. The molecule has 0 saturated heterocycles. The highest BCUT2D eigenvalue weighted by Crippen LogP contribution is 1.92.